The van der Waals surface area contributed by atoms with Gasteiger partial charge in [0.15, 0.2) is 0 Å². The largest absolute Gasteiger partial charge is 0.255 e. The Morgan fingerprint density at radius 2 is 1.75 bits per heavy atom. The molecule has 2 aromatic rings. The molecule has 2 rings (SSSR count). The number of benzene rings is 1. The summed E-state index contributed by atoms with van der Waals surface area (Å²) in [5.41, 5.74) is 4.09. The van der Waals surface area contributed by atoms with Gasteiger partial charge in [0, 0.05) is 5.69 Å². The van der Waals surface area contributed by atoms with Gasteiger partial charge < -0.3 is 0 Å². The number of pyridine rings is 1. The first kappa shape index (κ1) is 10.6. The van der Waals surface area contributed by atoms with Crippen LogP contribution in [0.1, 0.15) is 17.0 Å². The van der Waals surface area contributed by atoms with E-state index in [4.69, 9.17) is 0 Å². The molecule has 80 valence electrons. The van der Waals surface area contributed by atoms with Gasteiger partial charge in [0.05, 0.1) is 17.6 Å². The third-order valence-electron chi connectivity index (χ3n) is 2.29. The molecule has 0 aliphatic heterocycles. The second-order valence-electron chi connectivity index (χ2n) is 3.80. The Labute approximate surface area is 95.7 Å². The van der Waals surface area contributed by atoms with E-state index in [9.17, 15) is 0 Å². The van der Waals surface area contributed by atoms with Gasteiger partial charge in [-0.3, -0.25) is 9.98 Å². The summed E-state index contributed by atoms with van der Waals surface area (Å²) in [6.07, 6.45) is 1.79. The molecule has 0 N–H and O–H groups in total. The molecular weight excluding hydrogens is 196 g/mol. The highest BCUT2D eigenvalue weighted by Crippen LogP contribution is 2.12. The monoisotopic (exact) mass is 210 g/mol. The average molecular weight is 210 g/mol. The third kappa shape index (κ3) is 2.76. The third-order valence-corrected chi connectivity index (χ3v) is 2.29. The molecule has 1 aromatic heterocycles. The highest BCUT2D eigenvalue weighted by atomic mass is 14.8. The Balaban J connectivity index is 2.18. The minimum atomic E-state index is 0.889. The molecule has 0 aliphatic rings. The molecule has 0 aliphatic carbocycles. The molecule has 16 heavy (non-hydrogen) atoms. The number of rotatable bonds is 2. The highest BCUT2D eigenvalue weighted by molar-refractivity contribution is 5.79. The summed E-state index contributed by atoms with van der Waals surface area (Å²) in [7, 11) is 0. The van der Waals surface area contributed by atoms with Crippen molar-refractivity contribution in [3.63, 3.8) is 0 Å². The second kappa shape index (κ2) is 4.71. The van der Waals surface area contributed by atoms with Crippen molar-refractivity contribution < 1.29 is 0 Å². The molecule has 0 atom stereocenters. The summed E-state index contributed by atoms with van der Waals surface area (Å²) in [4.78, 5) is 8.73. The molecule has 0 fully saturated rings. The molecule has 2 nitrogen and oxygen atoms in total. The number of aryl methyl sites for hydroxylation is 2. The summed E-state index contributed by atoms with van der Waals surface area (Å²) in [5, 5.41) is 0. The molecule has 0 radical (unpaired) electrons. The molecule has 0 amide bonds. The van der Waals surface area contributed by atoms with Crippen molar-refractivity contribution in [2.75, 3.05) is 0 Å². The lowest BCUT2D eigenvalue weighted by atomic mass is 10.2. The van der Waals surface area contributed by atoms with E-state index in [0.717, 1.165) is 17.1 Å². The van der Waals surface area contributed by atoms with E-state index in [1.54, 1.807) is 6.21 Å². The van der Waals surface area contributed by atoms with Crippen molar-refractivity contribution in [2.24, 2.45) is 4.99 Å². The van der Waals surface area contributed by atoms with Gasteiger partial charge in [0.25, 0.3) is 0 Å². The minimum absolute atomic E-state index is 0.889. The molecule has 0 saturated heterocycles. The Morgan fingerprint density at radius 3 is 2.44 bits per heavy atom. The van der Waals surface area contributed by atoms with E-state index in [2.05, 4.69) is 29.0 Å². The maximum Gasteiger partial charge on any atom is 0.0815 e. The normalized spacial score (nSPS) is 10.9. The lowest BCUT2D eigenvalue weighted by molar-refractivity contribution is 1.19. The van der Waals surface area contributed by atoms with E-state index >= 15 is 0 Å². The first-order valence-corrected chi connectivity index (χ1v) is 5.28. The van der Waals surface area contributed by atoms with Crippen LogP contribution in [-0.4, -0.2) is 11.2 Å². The molecule has 0 unspecified atom stereocenters. The van der Waals surface area contributed by atoms with Crippen LogP contribution in [0.2, 0.25) is 0 Å². The van der Waals surface area contributed by atoms with Crippen molar-refractivity contribution in [3.8, 4) is 0 Å². The fourth-order valence-electron chi connectivity index (χ4n) is 1.41. The van der Waals surface area contributed by atoms with E-state index in [-0.39, 0.29) is 0 Å². The lowest BCUT2D eigenvalue weighted by Crippen LogP contribution is -1.88. The second-order valence-corrected chi connectivity index (χ2v) is 3.80. The number of hydrogen-bond acceptors (Lipinski definition) is 2. The predicted molar refractivity (Wildman–Crippen MR) is 67.4 cm³/mol. The summed E-state index contributed by atoms with van der Waals surface area (Å²) in [6, 6.07) is 14.0. The number of hydrogen-bond donors (Lipinski definition) is 0. The number of aliphatic imine (C=N–C) groups is 1. The van der Waals surface area contributed by atoms with Gasteiger partial charge in [0.1, 0.15) is 0 Å². The van der Waals surface area contributed by atoms with E-state index < -0.39 is 0 Å². The topological polar surface area (TPSA) is 25.2 Å². The summed E-state index contributed by atoms with van der Waals surface area (Å²) in [5.74, 6) is 0. The summed E-state index contributed by atoms with van der Waals surface area (Å²) < 4.78 is 0. The summed E-state index contributed by atoms with van der Waals surface area (Å²) >= 11 is 0. The molecule has 0 spiro atoms. The Kier molecular flexibility index (Phi) is 3.10. The van der Waals surface area contributed by atoms with Gasteiger partial charge in [-0.15, -0.1) is 0 Å². The van der Waals surface area contributed by atoms with Crippen molar-refractivity contribution in [1.29, 1.82) is 0 Å². The quantitative estimate of drug-likeness (QED) is 0.697. The first-order chi connectivity index (χ1) is 7.74. The van der Waals surface area contributed by atoms with Crippen molar-refractivity contribution >= 4 is 11.9 Å². The molecular formula is C14H14N2. The first-order valence-electron chi connectivity index (χ1n) is 5.28. The van der Waals surface area contributed by atoms with Crippen LogP contribution in [0.4, 0.5) is 5.69 Å². The van der Waals surface area contributed by atoms with Gasteiger partial charge in [0.2, 0.25) is 0 Å². The van der Waals surface area contributed by atoms with Crippen LogP contribution >= 0.6 is 0 Å². The van der Waals surface area contributed by atoms with Crippen LogP contribution in [0.3, 0.4) is 0 Å². The molecule has 2 heteroatoms. The zero-order valence-electron chi connectivity index (χ0n) is 9.51. The van der Waals surface area contributed by atoms with Crippen LogP contribution in [0, 0.1) is 13.8 Å². The summed E-state index contributed by atoms with van der Waals surface area (Å²) in [6.45, 7) is 4.04. The fourth-order valence-corrected chi connectivity index (χ4v) is 1.41. The van der Waals surface area contributed by atoms with E-state index in [0.29, 0.717) is 0 Å². The van der Waals surface area contributed by atoms with Gasteiger partial charge in [-0.1, -0.05) is 23.8 Å². The van der Waals surface area contributed by atoms with Crippen LogP contribution in [0.5, 0.6) is 0 Å². The molecule has 0 bridgehead atoms. The fraction of sp³-hybridized carbons (Fsp3) is 0.143. The van der Waals surface area contributed by atoms with Gasteiger partial charge in [-0.2, -0.15) is 0 Å². The van der Waals surface area contributed by atoms with Crippen LogP contribution in [0.15, 0.2) is 47.5 Å². The standard InChI is InChI=1S/C14H14N2/c1-11-6-8-13(9-7-11)15-10-14-5-3-4-12(2)16-14/h3-10H,1-2H3. The van der Waals surface area contributed by atoms with Gasteiger partial charge in [-0.25, -0.2) is 0 Å². The van der Waals surface area contributed by atoms with Crippen LogP contribution in [0.25, 0.3) is 0 Å². The predicted octanol–water partition coefficient (Wildman–Crippen LogP) is 3.45. The maximum absolute atomic E-state index is 4.37. The zero-order valence-corrected chi connectivity index (χ0v) is 9.51. The Bertz CT molecular complexity index is 498. The van der Waals surface area contributed by atoms with Gasteiger partial charge in [-0.05, 0) is 38.1 Å². The van der Waals surface area contributed by atoms with Gasteiger partial charge >= 0.3 is 0 Å². The number of aromatic nitrogens is 1. The van der Waals surface area contributed by atoms with Crippen molar-refractivity contribution in [2.45, 2.75) is 13.8 Å². The molecule has 1 heterocycles. The van der Waals surface area contributed by atoms with E-state index in [1.165, 1.54) is 5.56 Å². The van der Waals surface area contributed by atoms with E-state index in [1.807, 2.05) is 37.3 Å². The Hall–Kier alpha value is -1.96. The smallest absolute Gasteiger partial charge is 0.0815 e. The van der Waals surface area contributed by atoms with Crippen molar-refractivity contribution in [3.05, 3.63) is 59.4 Å². The molecule has 0 saturated carbocycles. The lowest BCUT2D eigenvalue weighted by Gasteiger charge is -1.96. The minimum Gasteiger partial charge on any atom is -0.255 e. The zero-order chi connectivity index (χ0) is 11.4. The number of nitrogens with zero attached hydrogens (tertiary/aromatic N) is 2. The van der Waals surface area contributed by atoms with Crippen molar-refractivity contribution in [1.82, 2.24) is 4.98 Å². The SMILES string of the molecule is Cc1ccc(N=Cc2cccc(C)n2)cc1. The maximum atomic E-state index is 4.37. The van der Waals surface area contributed by atoms with Crippen LogP contribution in [-0.2, 0) is 0 Å². The highest BCUT2D eigenvalue weighted by Gasteiger charge is 1.91. The molecule has 1 aromatic carbocycles. The Morgan fingerprint density at radius 1 is 1.00 bits per heavy atom. The average Bonchev–Trinajstić information content (AvgIpc) is 2.28. The van der Waals surface area contributed by atoms with Crippen LogP contribution < -0.4 is 0 Å².